The first-order valence-corrected chi connectivity index (χ1v) is 9.71. The van der Waals surface area contributed by atoms with Crippen LogP contribution in [0.4, 0.5) is 5.00 Å². The van der Waals surface area contributed by atoms with Crippen molar-refractivity contribution in [3.8, 4) is 0 Å². The van der Waals surface area contributed by atoms with Crippen molar-refractivity contribution in [3.05, 3.63) is 16.0 Å². The molecule has 6 nitrogen and oxygen atoms in total. The van der Waals surface area contributed by atoms with Gasteiger partial charge in [-0.1, -0.05) is 13.8 Å². The van der Waals surface area contributed by atoms with Gasteiger partial charge < -0.3 is 14.8 Å². The summed E-state index contributed by atoms with van der Waals surface area (Å²) in [6.07, 6.45) is 1.39. The molecule has 0 bridgehead atoms. The van der Waals surface area contributed by atoms with Gasteiger partial charge in [0.15, 0.2) is 0 Å². The van der Waals surface area contributed by atoms with Crippen LogP contribution in [0.5, 0.6) is 0 Å². The molecule has 1 amide bonds. The molecule has 26 heavy (non-hydrogen) atoms. The van der Waals surface area contributed by atoms with E-state index in [1.54, 1.807) is 34.6 Å². The van der Waals surface area contributed by atoms with Gasteiger partial charge in [-0.05, 0) is 53.0 Å². The van der Waals surface area contributed by atoms with Crippen molar-refractivity contribution in [1.29, 1.82) is 0 Å². The molecule has 0 radical (unpaired) electrons. The third kappa shape index (κ3) is 5.56. The van der Waals surface area contributed by atoms with Gasteiger partial charge in [0, 0.05) is 5.92 Å². The SMILES string of the molecule is CCOC(=O)c1c(NC(=O)C(CC)CC)sc(C(=O)OC(C)(C)C)c1C. The number of carbonyl (C=O) groups is 3. The van der Waals surface area contributed by atoms with Crippen LogP contribution in [0, 0.1) is 12.8 Å². The predicted molar refractivity (Wildman–Crippen MR) is 103 cm³/mol. The first-order chi connectivity index (χ1) is 12.1. The quantitative estimate of drug-likeness (QED) is 0.698. The average Bonchev–Trinajstić information content (AvgIpc) is 2.83. The van der Waals surface area contributed by atoms with Gasteiger partial charge in [-0.3, -0.25) is 4.79 Å². The van der Waals surface area contributed by atoms with Crippen molar-refractivity contribution in [2.75, 3.05) is 11.9 Å². The highest BCUT2D eigenvalue weighted by molar-refractivity contribution is 7.18. The highest BCUT2D eigenvalue weighted by Gasteiger charge is 2.30. The fourth-order valence-electron chi connectivity index (χ4n) is 2.44. The van der Waals surface area contributed by atoms with E-state index in [4.69, 9.17) is 9.47 Å². The number of nitrogens with one attached hydrogen (secondary N) is 1. The Bertz CT molecular complexity index is 668. The van der Waals surface area contributed by atoms with Crippen LogP contribution in [0.25, 0.3) is 0 Å². The normalized spacial score (nSPS) is 11.4. The van der Waals surface area contributed by atoms with E-state index in [0.29, 0.717) is 28.3 Å². The Kier molecular flexibility index (Phi) is 7.81. The van der Waals surface area contributed by atoms with Crippen LogP contribution in [0.3, 0.4) is 0 Å². The number of esters is 2. The van der Waals surface area contributed by atoms with E-state index >= 15 is 0 Å². The second-order valence-electron chi connectivity index (χ2n) is 6.99. The zero-order valence-electron chi connectivity index (χ0n) is 16.6. The Morgan fingerprint density at radius 3 is 2.12 bits per heavy atom. The minimum Gasteiger partial charge on any atom is -0.462 e. The molecule has 0 spiro atoms. The summed E-state index contributed by atoms with van der Waals surface area (Å²) in [5.74, 6) is -1.40. The molecular formula is C19H29NO5S. The summed E-state index contributed by atoms with van der Waals surface area (Å²) in [5.41, 5.74) is 0.0239. The van der Waals surface area contributed by atoms with Crippen molar-refractivity contribution < 1.29 is 23.9 Å². The minimum atomic E-state index is -0.656. The molecule has 0 saturated heterocycles. The molecule has 1 heterocycles. The summed E-state index contributed by atoms with van der Waals surface area (Å²) < 4.78 is 10.5. The Labute approximate surface area is 159 Å². The number of hydrogen-bond donors (Lipinski definition) is 1. The van der Waals surface area contributed by atoms with Crippen molar-refractivity contribution in [2.45, 2.75) is 66.9 Å². The fourth-order valence-corrected chi connectivity index (χ4v) is 3.52. The van der Waals surface area contributed by atoms with E-state index in [1.165, 1.54) is 0 Å². The Hall–Kier alpha value is -1.89. The minimum absolute atomic E-state index is 0.155. The average molecular weight is 384 g/mol. The molecule has 0 unspecified atom stereocenters. The molecule has 7 heteroatoms. The third-order valence-electron chi connectivity index (χ3n) is 3.80. The molecule has 0 fully saturated rings. The summed E-state index contributed by atoms with van der Waals surface area (Å²) in [7, 11) is 0. The van der Waals surface area contributed by atoms with Gasteiger partial charge in [-0.15, -0.1) is 11.3 Å². The zero-order valence-corrected chi connectivity index (χ0v) is 17.5. The van der Waals surface area contributed by atoms with Crippen LogP contribution >= 0.6 is 11.3 Å². The molecule has 1 rings (SSSR count). The first-order valence-electron chi connectivity index (χ1n) is 8.90. The van der Waals surface area contributed by atoms with Gasteiger partial charge in [-0.25, -0.2) is 9.59 Å². The Morgan fingerprint density at radius 1 is 1.08 bits per heavy atom. The van der Waals surface area contributed by atoms with Crippen LogP contribution < -0.4 is 5.32 Å². The lowest BCUT2D eigenvalue weighted by atomic mass is 10.0. The van der Waals surface area contributed by atoms with Crippen LogP contribution in [0.15, 0.2) is 0 Å². The number of carbonyl (C=O) groups excluding carboxylic acids is 3. The summed E-state index contributed by atoms with van der Waals surface area (Å²) in [5, 5.41) is 3.13. The topological polar surface area (TPSA) is 81.7 Å². The van der Waals surface area contributed by atoms with Crippen molar-refractivity contribution >= 4 is 34.2 Å². The Morgan fingerprint density at radius 2 is 1.65 bits per heavy atom. The molecule has 1 aromatic heterocycles. The summed E-state index contributed by atoms with van der Waals surface area (Å²) in [6.45, 7) is 12.8. The lowest BCUT2D eigenvalue weighted by molar-refractivity contribution is -0.120. The number of amides is 1. The zero-order chi connectivity index (χ0) is 20.1. The van der Waals surface area contributed by atoms with Crippen molar-refractivity contribution in [1.82, 2.24) is 0 Å². The van der Waals surface area contributed by atoms with Crippen LogP contribution in [0.1, 0.15) is 80.0 Å². The van der Waals surface area contributed by atoms with E-state index in [2.05, 4.69) is 5.32 Å². The fraction of sp³-hybridized carbons (Fsp3) is 0.632. The van der Waals surface area contributed by atoms with E-state index in [-0.39, 0.29) is 24.0 Å². The standard InChI is InChI=1S/C19H29NO5S/c1-8-12(9-2)15(21)20-16-13(17(22)24-10-3)11(4)14(26-16)18(23)25-19(5,6)7/h12H,8-10H2,1-7H3,(H,20,21). The second-order valence-corrected chi connectivity index (χ2v) is 8.01. The molecule has 0 aliphatic carbocycles. The molecule has 0 aromatic carbocycles. The predicted octanol–water partition coefficient (Wildman–Crippen LogP) is 4.56. The molecule has 146 valence electrons. The molecule has 0 aliphatic rings. The van der Waals surface area contributed by atoms with E-state index in [9.17, 15) is 14.4 Å². The van der Waals surface area contributed by atoms with Crippen LogP contribution in [-0.4, -0.2) is 30.1 Å². The van der Waals surface area contributed by atoms with Crippen molar-refractivity contribution in [2.24, 2.45) is 5.92 Å². The van der Waals surface area contributed by atoms with Gasteiger partial charge in [0.05, 0.1) is 12.2 Å². The largest absolute Gasteiger partial charge is 0.462 e. The molecular weight excluding hydrogens is 354 g/mol. The summed E-state index contributed by atoms with van der Waals surface area (Å²) in [4.78, 5) is 37.6. The maximum atomic E-state index is 12.5. The number of hydrogen-bond acceptors (Lipinski definition) is 6. The lowest BCUT2D eigenvalue weighted by Gasteiger charge is -2.19. The van der Waals surface area contributed by atoms with Gasteiger partial charge in [0.2, 0.25) is 5.91 Å². The highest BCUT2D eigenvalue weighted by atomic mass is 32.1. The maximum absolute atomic E-state index is 12.5. The molecule has 0 atom stereocenters. The van der Waals surface area contributed by atoms with Gasteiger partial charge in [-0.2, -0.15) is 0 Å². The highest BCUT2D eigenvalue weighted by Crippen LogP contribution is 2.35. The van der Waals surface area contributed by atoms with E-state index in [0.717, 1.165) is 11.3 Å². The van der Waals surface area contributed by atoms with Crippen molar-refractivity contribution in [3.63, 3.8) is 0 Å². The van der Waals surface area contributed by atoms with Gasteiger partial charge >= 0.3 is 11.9 Å². The summed E-state index contributed by atoms with van der Waals surface area (Å²) >= 11 is 1.05. The number of ether oxygens (including phenoxy) is 2. The lowest BCUT2D eigenvalue weighted by Crippen LogP contribution is -2.23. The monoisotopic (exact) mass is 383 g/mol. The number of thiophene rings is 1. The number of rotatable bonds is 7. The first kappa shape index (κ1) is 22.2. The van der Waals surface area contributed by atoms with E-state index < -0.39 is 17.5 Å². The number of anilines is 1. The molecule has 1 aromatic rings. The van der Waals surface area contributed by atoms with E-state index in [1.807, 2.05) is 13.8 Å². The molecule has 0 aliphatic heterocycles. The Balaban J connectivity index is 3.30. The summed E-state index contributed by atoms with van der Waals surface area (Å²) in [6, 6.07) is 0. The molecule has 0 saturated carbocycles. The van der Waals surface area contributed by atoms with Crippen LogP contribution in [-0.2, 0) is 14.3 Å². The van der Waals surface area contributed by atoms with Gasteiger partial charge in [0.1, 0.15) is 15.5 Å². The second kappa shape index (κ2) is 9.16. The third-order valence-corrected chi connectivity index (χ3v) is 4.99. The van der Waals surface area contributed by atoms with Crippen LogP contribution in [0.2, 0.25) is 0 Å². The van der Waals surface area contributed by atoms with Gasteiger partial charge in [0.25, 0.3) is 0 Å². The molecule has 1 N–H and O–H groups in total. The maximum Gasteiger partial charge on any atom is 0.349 e. The smallest absolute Gasteiger partial charge is 0.349 e.